The van der Waals surface area contributed by atoms with Crippen molar-refractivity contribution < 1.29 is 9.72 Å². The lowest BCUT2D eigenvalue weighted by molar-refractivity contribution is -0.384. The van der Waals surface area contributed by atoms with Crippen LogP contribution in [0.4, 0.5) is 5.69 Å². The van der Waals surface area contributed by atoms with Crippen LogP contribution >= 0.6 is 11.6 Å². The molecular weight excluding hydrogens is 270 g/mol. The Hall–Kier alpha value is -2.13. The van der Waals surface area contributed by atoms with Gasteiger partial charge in [-0.3, -0.25) is 14.9 Å². The summed E-state index contributed by atoms with van der Waals surface area (Å²) in [6, 6.07) is 5.75. The smallest absolute Gasteiger partial charge is 0.271 e. The van der Waals surface area contributed by atoms with Crippen LogP contribution in [0, 0.1) is 21.4 Å². The van der Waals surface area contributed by atoms with Crippen LogP contribution in [-0.2, 0) is 0 Å². The van der Waals surface area contributed by atoms with Crippen molar-refractivity contribution in [1.82, 2.24) is 5.32 Å². The molecule has 0 aliphatic heterocycles. The lowest BCUT2D eigenvalue weighted by Crippen LogP contribution is -2.24. The monoisotopic (exact) mass is 281 g/mol. The fourth-order valence-electron chi connectivity index (χ4n) is 1.44. The third kappa shape index (κ3) is 4.94. The third-order valence-corrected chi connectivity index (χ3v) is 2.57. The summed E-state index contributed by atoms with van der Waals surface area (Å²) in [7, 11) is 0. The molecule has 0 aromatic heterocycles. The largest absolute Gasteiger partial charge is 0.352 e. The van der Waals surface area contributed by atoms with E-state index in [0.29, 0.717) is 25.8 Å². The average molecular weight is 282 g/mol. The Morgan fingerprint density at radius 2 is 2.16 bits per heavy atom. The van der Waals surface area contributed by atoms with Crippen molar-refractivity contribution in [2.75, 3.05) is 6.54 Å². The van der Waals surface area contributed by atoms with Crippen molar-refractivity contribution in [3.63, 3.8) is 0 Å². The maximum atomic E-state index is 11.7. The highest BCUT2D eigenvalue weighted by atomic mass is 35.5. The summed E-state index contributed by atoms with van der Waals surface area (Å²) >= 11 is 5.72. The van der Waals surface area contributed by atoms with Crippen LogP contribution in [0.5, 0.6) is 0 Å². The van der Waals surface area contributed by atoms with Gasteiger partial charge in [0.25, 0.3) is 11.6 Å². The number of unbranched alkanes of at least 4 members (excludes halogenated alkanes) is 2. The van der Waals surface area contributed by atoms with Crippen molar-refractivity contribution >= 4 is 23.2 Å². The Labute approximate surface area is 115 Å². The Kier molecular flexibility index (Phi) is 5.76. The molecule has 1 amide bonds. The number of amides is 1. The van der Waals surface area contributed by atoms with Gasteiger partial charge < -0.3 is 5.32 Å². The van der Waals surface area contributed by atoms with E-state index in [1.165, 1.54) is 18.2 Å². The van der Waals surface area contributed by atoms with Gasteiger partial charge in [-0.2, -0.15) is 5.26 Å². The van der Waals surface area contributed by atoms with Crippen LogP contribution in [-0.4, -0.2) is 17.4 Å². The molecule has 0 unspecified atom stereocenters. The predicted molar refractivity (Wildman–Crippen MR) is 69.9 cm³/mol. The van der Waals surface area contributed by atoms with E-state index >= 15 is 0 Å². The van der Waals surface area contributed by atoms with Gasteiger partial charge >= 0.3 is 0 Å². The first-order valence-electron chi connectivity index (χ1n) is 5.64. The Bertz CT molecular complexity index is 525. The van der Waals surface area contributed by atoms with Gasteiger partial charge in [-0.1, -0.05) is 11.6 Å². The number of hydrogen-bond donors (Lipinski definition) is 1. The normalized spacial score (nSPS) is 9.68. The first-order chi connectivity index (χ1) is 9.04. The molecule has 1 aromatic carbocycles. The van der Waals surface area contributed by atoms with Crippen LogP contribution in [0.3, 0.4) is 0 Å². The van der Waals surface area contributed by atoms with E-state index in [1.54, 1.807) is 0 Å². The molecule has 0 spiro atoms. The molecular formula is C12H12ClN3O3. The van der Waals surface area contributed by atoms with Gasteiger partial charge in [-0.25, -0.2) is 0 Å². The molecule has 6 nitrogen and oxygen atoms in total. The second-order valence-electron chi connectivity index (χ2n) is 3.83. The number of nitrogens with zero attached hydrogens (tertiary/aromatic N) is 2. The van der Waals surface area contributed by atoms with Crippen LogP contribution in [0.1, 0.15) is 29.6 Å². The molecule has 0 fully saturated rings. The Morgan fingerprint density at radius 3 is 2.79 bits per heavy atom. The topological polar surface area (TPSA) is 96.0 Å². The lowest BCUT2D eigenvalue weighted by atomic mass is 10.2. The zero-order valence-electron chi connectivity index (χ0n) is 10.1. The molecule has 1 rings (SSSR count). The predicted octanol–water partition coefficient (Wildman–Crippen LogP) is 2.67. The molecule has 0 aliphatic carbocycles. The second kappa shape index (κ2) is 7.34. The number of nitriles is 1. The van der Waals surface area contributed by atoms with E-state index < -0.39 is 10.8 Å². The van der Waals surface area contributed by atoms with Gasteiger partial charge in [-0.05, 0) is 18.9 Å². The highest BCUT2D eigenvalue weighted by Gasteiger charge is 2.13. The first kappa shape index (κ1) is 14.9. The van der Waals surface area contributed by atoms with E-state index in [4.69, 9.17) is 16.9 Å². The Balaban J connectivity index is 2.62. The number of carbonyl (C=O) groups is 1. The fraction of sp³-hybridized carbons (Fsp3) is 0.333. The Morgan fingerprint density at radius 1 is 1.42 bits per heavy atom. The number of nitrogens with one attached hydrogen (secondary N) is 1. The molecule has 0 bridgehead atoms. The van der Waals surface area contributed by atoms with Gasteiger partial charge in [0.05, 0.1) is 11.0 Å². The molecule has 100 valence electrons. The van der Waals surface area contributed by atoms with Gasteiger partial charge in [-0.15, -0.1) is 0 Å². The number of nitro benzene ring substituents is 1. The number of benzene rings is 1. The molecule has 0 radical (unpaired) electrons. The molecule has 0 aliphatic rings. The van der Waals surface area contributed by atoms with E-state index in [0.717, 1.165) is 0 Å². The molecule has 0 heterocycles. The van der Waals surface area contributed by atoms with Gasteiger partial charge in [0.15, 0.2) is 0 Å². The highest BCUT2D eigenvalue weighted by Crippen LogP contribution is 2.20. The number of nitro groups is 1. The fourth-order valence-corrected chi connectivity index (χ4v) is 1.67. The van der Waals surface area contributed by atoms with E-state index in [-0.39, 0.29) is 16.3 Å². The van der Waals surface area contributed by atoms with Crippen LogP contribution in [0.15, 0.2) is 18.2 Å². The zero-order chi connectivity index (χ0) is 14.3. The molecule has 1 N–H and O–H groups in total. The minimum absolute atomic E-state index is 0.142. The number of carbonyl (C=O) groups excluding carboxylic acids is 1. The molecule has 7 heteroatoms. The van der Waals surface area contributed by atoms with E-state index in [1.807, 2.05) is 6.07 Å². The molecule has 0 saturated heterocycles. The van der Waals surface area contributed by atoms with Crippen LogP contribution in [0.2, 0.25) is 5.02 Å². The van der Waals surface area contributed by atoms with Crippen molar-refractivity contribution in [3.05, 3.63) is 38.9 Å². The van der Waals surface area contributed by atoms with Gasteiger partial charge in [0, 0.05) is 35.7 Å². The molecule has 0 atom stereocenters. The summed E-state index contributed by atoms with van der Waals surface area (Å²) in [4.78, 5) is 21.8. The minimum Gasteiger partial charge on any atom is -0.352 e. The number of non-ortho nitro benzene ring substituents is 1. The maximum absolute atomic E-state index is 11.7. The van der Waals surface area contributed by atoms with E-state index in [9.17, 15) is 14.9 Å². The van der Waals surface area contributed by atoms with Gasteiger partial charge in [0.2, 0.25) is 0 Å². The van der Waals surface area contributed by atoms with Crippen molar-refractivity contribution in [3.8, 4) is 6.07 Å². The van der Waals surface area contributed by atoms with Crippen LogP contribution < -0.4 is 5.32 Å². The number of rotatable bonds is 6. The SMILES string of the molecule is N#CCCCCNC(=O)c1cc(Cl)cc([N+](=O)[O-])c1. The van der Waals surface area contributed by atoms with Crippen molar-refractivity contribution in [1.29, 1.82) is 5.26 Å². The average Bonchev–Trinajstić information content (AvgIpc) is 2.37. The number of hydrogen-bond acceptors (Lipinski definition) is 4. The van der Waals surface area contributed by atoms with Gasteiger partial charge in [0.1, 0.15) is 0 Å². The third-order valence-electron chi connectivity index (χ3n) is 2.36. The maximum Gasteiger partial charge on any atom is 0.271 e. The lowest BCUT2D eigenvalue weighted by Gasteiger charge is -2.05. The van der Waals surface area contributed by atoms with Crippen molar-refractivity contribution in [2.24, 2.45) is 0 Å². The summed E-state index contributed by atoms with van der Waals surface area (Å²) < 4.78 is 0. The summed E-state index contributed by atoms with van der Waals surface area (Å²) in [5, 5.41) is 21.8. The number of halogens is 1. The molecule has 0 saturated carbocycles. The minimum atomic E-state index is -0.602. The summed E-state index contributed by atoms with van der Waals surface area (Å²) in [6.07, 6.45) is 1.83. The summed E-state index contributed by atoms with van der Waals surface area (Å²) in [6.45, 7) is 0.417. The van der Waals surface area contributed by atoms with E-state index in [2.05, 4.69) is 5.32 Å². The quantitative estimate of drug-likeness (QED) is 0.492. The second-order valence-corrected chi connectivity index (χ2v) is 4.26. The van der Waals surface area contributed by atoms with Crippen molar-refractivity contribution in [2.45, 2.75) is 19.3 Å². The summed E-state index contributed by atoms with van der Waals surface area (Å²) in [5.41, 5.74) is -0.0680. The standard InChI is InChI=1S/C12H12ClN3O3/c13-10-6-9(7-11(8-10)16(18)19)12(17)15-5-3-1-2-4-14/h6-8H,1-3,5H2,(H,15,17). The zero-order valence-corrected chi connectivity index (χ0v) is 10.8. The van der Waals surface area contributed by atoms with Crippen LogP contribution in [0.25, 0.3) is 0 Å². The first-order valence-corrected chi connectivity index (χ1v) is 6.02. The molecule has 19 heavy (non-hydrogen) atoms. The molecule has 1 aromatic rings. The highest BCUT2D eigenvalue weighted by molar-refractivity contribution is 6.31. The summed E-state index contributed by atoms with van der Waals surface area (Å²) in [5.74, 6) is -0.414.